The minimum absolute atomic E-state index is 0.0429. The van der Waals surface area contributed by atoms with Crippen LogP contribution >= 0.6 is 11.6 Å². The summed E-state index contributed by atoms with van der Waals surface area (Å²) in [6.45, 7) is 6.16. The zero-order valence-corrected chi connectivity index (χ0v) is 21.7. The molecular weight excluding hydrogens is 476 g/mol. The summed E-state index contributed by atoms with van der Waals surface area (Å²) in [7, 11) is 0. The number of fused-ring (bicyclic) bond motifs is 3. The normalized spacial score (nSPS) is 11.4. The van der Waals surface area contributed by atoms with E-state index in [1.165, 1.54) is 5.56 Å². The molecule has 0 N–H and O–H groups in total. The van der Waals surface area contributed by atoms with Gasteiger partial charge in [-0.25, -0.2) is 0 Å². The molecule has 0 saturated carbocycles. The van der Waals surface area contributed by atoms with Crippen molar-refractivity contribution in [2.24, 2.45) is 0 Å². The van der Waals surface area contributed by atoms with Crippen molar-refractivity contribution >= 4 is 39.3 Å². The molecule has 0 fully saturated rings. The summed E-state index contributed by atoms with van der Waals surface area (Å²) in [6, 6.07) is 32.1. The number of hydrogen-bond donors (Lipinski definition) is 0. The van der Waals surface area contributed by atoms with Crippen molar-refractivity contribution in [2.75, 3.05) is 0 Å². The Kier molecular flexibility index (Phi) is 5.70. The number of carbonyl (C=O) groups excluding carboxylic acids is 1. The molecule has 37 heavy (non-hydrogen) atoms. The molecule has 0 radical (unpaired) electrons. The molecule has 0 saturated heterocycles. The third-order valence-corrected chi connectivity index (χ3v) is 7.20. The molecule has 3 heteroatoms. The minimum Gasteiger partial charge on any atom is -0.455 e. The van der Waals surface area contributed by atoms with Gasteiger partial charge in [0.1, 0.15) is 11.2 Å². The number of carbonyl (C=O) groups is 1. The number of halogens is 1. The number of ketones is 1. The summed E-state index contributed by atoms with van der Waals surface area (Å²) in [5.41, 5.74) is 9.93. The van der Waals surface area contributed by atoms with Gasteiger partial charge in [-0.1, -0.05) is 101 Å². The smallest absolute Gasteiger partial charge is 0.194 e. The molecule has 0 amide bonds. The summed E-state index contributed by atoms with van der Waals surface area (Å²) in [5.74, 6) is -0.0429. The van der Waals surface area contributed by atoms with Crippen molar-refractivity contribution in [3.63, 3.8) is 0 Å². The molecule has 6 aromatic rings. The van der Waals surface area contributed by atoms with E-state index < -0.39 is 0 Å². The second-order valence-electron chi connectivity index (χ2n) is 9.72. The van der Waals surface area contributed by atoms with Crippen LogP contribution in [0.5, 0.6) is 0 Å². The highest BCUT2D eigenvalue weighted by atomic mass is 35.5. The Morgan fingerprint density at radius 1 is 0.649 bits per heavy atom. The summed E-state index contributed by atoms with van der Waals surface area (Å²) in [4.78, 5) is 14.3. The lowest BCUT2D eigenvalue weighted by Crippen LogP contribution is -2.05. The van der Waals surface area contributed by atoms with E-state index in [4.69, 9.17) is 16.0 Å². The summed E-state index contributed by atoms with van der Waals surface area (Å²) in [5, 5.41) is 2.22. The highest BCUT2D eigenvalue weighted by molar-refractivity contribution is 6.33. The van der Waals surface area contributed by atoms with Gasteiger partial charge in [0.15, 0.2) is 5.78 Å². The molecule has 0 atom stereocenters. The monoisotopic (exact) mass is 500 g/mol. The summed E-state index contributed by atoms with van der Waals surface area (Å²) in [6.07, 6.45) is 0. The second kappa shape index (κ2) is 9.06. The lowest BCUT2D eigenvalue weighted by Gasteiger charge is -2.15. The van der Waals surface area contributed by atoms with E-state index in [2.05, 4.69) is 68.4 Å². The van der Waals surface area contributed by atoms with Gasteiger partial charge in [0, 0.05) is 32.5 Å². The first-order chi connectivity index (χ1) is 17.9. The van der Waals surface area contributed by atoms with Crippen LogP contribution in [0.15, 0.2) is 101 Å². The summed E-state index contributed by atoms with van der Waals surface area (Å²) < 4.78 is 6.47. The van der Waals surface area contributed by atoms with Crippen LogP contribution in [0.2, 0.25) is 5.02 Å². The van der Waals surface area contributed by atoms with Crippen LogP contribution in [0.1, 0.15) is 32.6 Å². The Balaban J connectivity index is 1.78. The number of furan rings is 1. The van der Waals surface area contributed by atoms with Gasteiger partial charge in [-0.05, 0) is 61.7 Å². The topological polar surface area (TPSA) is 30.2 Å². The lowest BCUT2D eigenvalue weighted by atomic mass is 9.86. The van der Waals surface area contributed by atoms with E-state index in [0.717, 1.165) is 44.2 Å². The molecule has 6 rings (SSSR count). The highest BCUT2D eigenvalue weighted by Gasteiger charge is 2.25. The first-order valence-electron chi connectivity index (χ1n) is 12.3. The third-order valence-electron chi connectivity index (χ3n) is 6.97. The minimum atomic E-state index is -0.0429. The maximum Gasteiger partial charge on any atom is 0.194 e. The molecular formula is C34H25ClO2. The Hall–Kier alpha value is -4.14. The molecule has 1 heterocycles. The van der Waals surface area contributed by atoms with Crippen LogP contribution in [-0.4, -0.2) is 5.78 Å². The van der Waals surface area contributed by atoms with Crippen LogP contribution in [0.3, 0.4) is 0 Å². The van der Waals surface area contributed by atoms with Gasteiger partial charge in [-0.3, -0.25) is 4.79 Å². The summed E-state index contributed by atoms with van der Waals surface area (Å²) >= 11 is 6.46. The lowest BCUT2D eigenvalue weighted by molar-refractivity contribution is 0.104. The number of rotatable bonds is 4. The van der Waals surface area contributed by atoms with Crippen LogP contribution in [0, 0.1) is 20.8 Å². The average molecular weight is 501 g/mol. The fourth-order valence-corrected chi connectivity index (χ4v) is 5.09. The first kappa shape index (κ1) is 23.3. The molecule has 0 aliphatic heterocycles. The number of benzene rings is 5. The van der Waals surface area contributed by atoms with E-state index in [1.54, 1.807) is 0 Å². The Bertz CT molecular complexity index is 1790. The molecule has 0 aliphatic carbocycles. The number of hydrogen-bond acceptors (Lipinski definition) is 2. The van der Waals surface area contributed by atoms with Gasteiger partial charge in [-0.15, -0.1) is 0 Å². The van der Waals surface area contributed by atoms with Gasteiger partial charge >= 0.3 is 0 Å². The maximum atomic E-state index is 14.3. The zero-order valence-electron chi connectivity index (χ0n) is 20.9. The highest BCUT2D eigenvalue weighted by Crippen LogP contribution is 2.44. The Morgan fingerprint density at radius 2 is 1.19 bits per heavy atom. The quantitative estimate of drug-likeness (QED) is 0.225. The standard InChI is InChI=1S/C34H25ClO2/c1-20-4-10-23(11-5-20)27-19-28(24-12-6-21(2)7-13-24)34-32(29-18-26(35)16-17-30(29)37-34)31(27)33(36)25-14-8-22(3)9-15-25/h4-19H,1-3H3. The maximum absolute atomic E-state index is 14.3. The van der Waals surface area contributed by atoms with Gasteiger partial charge in [-0.2, -0.15) is 0 Å². The van der Waals surface area contributed by atoms with Crippen LogP contribution in [-0.2, 0) is 0 Å². The van der Waals surface area contributed by atoms with Gasteiger partial charge in [0.2, 0.25) is 0 Å². The number of aryl methyl sites for hydroxylation is 3. The zero-order chi connectivity index (χ0) is 25.7. The largest absolute Gasteiger partial charge is 0.455 e. The van der Waals surface area contributed by atoms with Gasteiger partial charge in [0.05, 0.1) is 0 Å². The Morgan fingerprint density at radius 3 is 1.78 bits per heavy atom. The molecule has 0 bridgehead atoms. The molecule has 5 aromatic carbocycles. The predicted octanol–water partition coefficient (Wildman–Crippen LogP) is 9.73. The van der Waals surface area contributed by atoms with Crippen molar-refractivity contribution < 1.29 is 9.21 Å². The van der Waals surface area contributed by atoms with Crippen molar-refractivity contribution in [1.29, 1.82) is 0 Å². The van der Waals surface area contributed by atoms with Crippen LogP contribution in [0.25, 0.3) is 44.2 Å². The molecule has 0 aliphatic rings. The van der Waals surface area contributed by atoms with Crippen molar-refractivity contribution in [3.8, 4) is 22.3 Å². The molecule has 0 unspecified atom stereocenters. The van der Waals surface area contributed by atoms with E-state index in [-0.39, 0.29) is 5.78 Å². The average Bonchev–Trinajstić information content (AvgIpc) is 3.27. The molecule has 1 aromatic heterocycles. The van der Waals surface area contributed by atoms with Gasteiger partial charge < -0.3 is 4.42 Å². The van der Waals surface area contributed by atoms with Crippen LogP contribution in [0.4, 0.5) is 0 Å². The van der Waals surface area contributed by atoms with E-state index >= 15 is 0 Å². The Labute approximate surface area is 221 Å². The SMILES string of the molecule is Cc1ccc(C(=O)c2c(-c3ccc(C)cc3)cc(-c3ccc(C)cc3)c3oc4ccc(Cl)cc4c23)cc1. The molecule has 180 valence electrons. The van der Waals surface area contributed by atoms with E-state index in [9.17, 15) is 4.79 Å². The third kappa shape index (κ3) is 4.14. The first-order valence-corrected chi connectivity index (χ1v) is 12.7. The molecule has 2 nitrogen and oxygen atoms in total. The molecule has 0 spiro atoms. The fourth-order valence-electron chi connectivity index (χ4n) is 4.92. The second-order valence-corrected chi connectivity index (χ2v) is 10.2. The van der Waals surface area contributed by atoms with Gasteiger partial charge in [0.25, 0.3) is 0 Å². The van der Waals surface area contributed by atoms with E-state index in [1.807, 2.05) is 49.4 Å². The predicted molar refractivity (Wildman–Crippen MR) is 154 cm³/mol. The fraction of sp³-hybridized carbons (Fsp3) is 0.0882. The van der Waals surface area contributed by atoms with Crippen molar-refractivity contribution in [2.45, 2.75) is 20.8 Å². The van der Waals surface area contributed by atoms with Crippen LogP contribution < -0.4 is 0 Å². The van der Waals surface area contributed by atoms with E-state index in [0.29, 0.717) is 27.3 Å². The van der Waals surface area contributed by atoms with Crippen molar-refractivity contribution in [1.82, 2.24) is 0 Å². The van der Waals surface area contributed by atoms with Crippen molar-refractivity contribution in [3.05, 3.63) is 130 Å².